The lowest BCUT2D eigenvalue weighted by atomic mass is 10.1. The van der Waals surface area contributed by atoms with Crippen LogP contribution in [0.25, 0.3) is 0 Å². The second-order valence-corrected chi connectivity index (χ2v) is 7.35. The van der Waals surface area contributed by atoms with E-state index in [1.165, 1.54) is 17.6 Å². The van der Waals surface area contributed by atoms with E-state index in [0.29, 0.717) is 18.8 Å². The second kappa shape index (κ2) is 11.0. The van der Waals surface area contributed by atoms with Crippen molar-refractivity contribution in [1.82, 2.24) is 4.90 Å². The van der Waals surface area contributed by atoms with Crippen LogP contribution in [0.4, 0.5) is 20.2 Å². The zero-order chi connectivity index (χ0) is 23.1. The van der Waals surface area contributed by atoms with Gasteiger partial charge in [-0.3, -0.25) is 4.79 Å². The van der Waals surface area contributed by atoms with Crippen molar-refractivity contribution in [1.29, 1.82) is 0 Å². The fraction of sp³-hybridized carbons (Fsp3) is 0.250. The van der Waals surface area contributed by atoms with Gasteiger partial charge in [0.1, 0.15) is 17.3 Å². The van der Waals surface area contributed by atoms with Gasteiger partial charge in [-0.2, -0.15) is 0 Å². The summed E-state index contributed by atoms with van der Waals surface area (Å²) in [6, 6.07) is 6.50. The maximum absolute atomic E-state index is 13.8. The molecule has 1 saturated heterocycles. The van der Waals surface area contributed by atoms with E-state index >= 15 is 0 Å². The highest BCUT2D eigenvalue weighted by Gasteiger charge is 2.22. The van der Waals surface area contributed by atoms with Crippen LogP contribution in [0.1, 0.15) is 20.7 Å². The van der Waals surface area contributed by atoms with E-state index in [-0.39, 0.29) is 21.8 Å². The molecule has 166 valence electrons. The molecule has 1 amide bonds. The lowest BCUT2D eigenvalue weighted by Crippen LogP contribution is -2.45. The largest absolute Gasteiger partial charge is 0.478 e. The molecule has 4 N–H and O–H groups in total. The van der Waals surface area contributed by atoms with Gasteiger partial charge in [0, 0.05) is 37.4 Å². The van der Waals surface area contributed by atoms with Crippen LogP contribution < -0.4 is 16.0 Å². The number of hydrogen-bond acceptors (Lipinski definition) is 5. The number of halogens is 3. The molecule has 0 radical (unpaired) electrons. The Labute approximate surface area is 188 Å². The lowest BCUT2D eigenvalue weighted by molar-refractivity contribution is 0.0697. The summed E-state index contributed by atoms with van der Waals surface area (Å²) >= 11 is 10.3. The van der Waals surface area contributed by atoms with Crippen molar-refractivity contribution in [2.45, 2.75) is 0 Å². The summed E-state index contributed by atoms with van der Waals surface area (Å²) in [5.74, 6) is -3.36. The van der Waals surface area contributed by atoms with Gasteiger partial charge in [0.25, 0.3) is 0 Å². The first-order chi connectivity index (χ1) is 14.6. The Morgan fingerprint density at radius 2 is 1.74 bits per heavy atom. The van der Waals surface area contributed by atoms with Gasteiger partial charge in [0.15, 0.2) is 0 Å². The zero-order valence-corrected chi connectivity index (χ0v) is 18.1. The van der Waals surface area contributed by atoms with Crippen molar-refractivity contribution in [2.24, 2.45) is 5.73 Å². The molecule has 2 aromatic carbocycles. The SMILES string of the molecule is CN1CCN(c2c(F)cc(C(N)=O)cc2F)CC1.O=C(O)c1ccc(NC=S)cc1Cl. The topological polar surface area (TPSA) is 98.9 Å². The molecule has 0 aromatic heterocycles. The number of likely N-dealkylation sites (N-methyl/N-ethyl adjacent to an activating group) is 1. The molecule has 1 aliphatic heterocycles. The van der Waals surface area contributed by atoms with Gasteiger partial charge in [0.05, 0.1) is 16.1 Å². The van der Waals surface area contributed by atoms with Crippen LogP contribution in [0, 0.1) is 11.6 Å². The van der Waals surface area contributed by atoms with Crippen LogP contribution >= 0.6 is 23.8 Å². The number of aromatic carboxylic acids is 1. The predicted octanol–water partition coefficient (Wildman–Crippen LogP) is 3.22. The molecule has 0 saturated carbocycles. The molecule has 2 aromatic rings. The summed E-state index contributed by atoms with van der Waals surface area (Å²) in [5.41, 5.74) is 6.86. The Hall–Kier alpha value is -2.82. The van der Waals surface area contributed by atoms with Crippen molar-refractivity contribution in [3.63, 3.8) is 0 Å². The van der Waals surface area contributed by atoms with Gasteiger partial charge >= 0.3 is 5.97 Å². The molecular formula is C20H21ClF2N4O3S. The minimum Gasteiger partial charge on any atom is -0.478 e. The van der Waals surface area contributed by atoms with Crippen LogP contribution in [-0.2, 0) is 0 Å². The van der Waals surface area contributed by atoms with Gasteiger partial charge in [0.2, 0.25) is 5.91 Å². The number of hydrogen-bond donors (Lipinski definition) is 3. The number of carboxylic acid groups (broad SMARTS) is 1. The third kappa shape index (κ3) is 6.58. The van der Waals surface area contributed by atoms with Crippen LogP contribution in [0.2, 0.25) is 5.02 Å². The van der Waals surface area contributed by atoms with Crippen molar-refractivity contribution < 1.29 is 23.5 Å². The Morgan fingerprint density at radius 3 is 2.19 bits per heavy atom. The number of carboxylic acids is 1. The molecule has 0 unspecified atom stereocenters. The first kappa shape index (κ1) is 24.4. The fourth-order valence-corrected chi connectivity index (χ4v) is 3.28. The molecule has 0 spiro atoms. The van der Waals surface area contributed by atoms with Crippen molar-refractivity contribution in [2.75, 3.05) is 43.4 Å². The summed E-state index contributed by atoms with van der Waals surface area (Å²) < 4.78 is 27.7. The number of thiocarbonyl (C=S) groups is 1. The normalized spacial score (nSPS) is 13.7. The standard InChI is InChI=1S/C12H15F2N3O.C8H6ClNO2S/c1-16-2-4-17(5-3-16)11-9(13)6-8(12(15)18)7-10(11)14;9-7-3-5(10-4-13)1-2-6(7)8(11)12/h6-7H,2-5H2,1H3,(H2,15,18);1-4H,(H,10,13)(H,11,12). The molecule has 1 heterocycles. The summed E-state index contributed by atoms with van der Waals surface area (Å²) in [5, 5.41) is 11.6. The van der Waals surface area contributed by atoms with E-state index in [9.17, 15) is 18.4 Å². The molecular weight excluding hydrogens is 450 g/mol. The number of amides is 1. The average Bonchev–Trinajstić information content (AvgIpc) is 2.69. The molecule has 11 heteroatoms. The number of rotatable bonds is 5. The average molecular weight is 471 g/mol. The smallest absolute Gasteiger partial charge is 0.337 e. The van der Waals surface area contributed by atoms with Gasteiger partial charge in [-0.05, 0) is 37.4 Å². The molecule has 7 nitrogen and oxygen atoms in total. The van der Waals surface area contributed by atoms with E-state index in [0.717, 1.165) is 25.2 Å². The van der Waals surface area contributed by atoms with Gasteiger partial charge in [-0.15, -0.1) is 0 Å². The Bertz CT molecular complexity index is 962. The van der Waals surface area contributed by atoms with Crippen LogP contribution in [0.5, 0.6) is 0 Å². The fourth-order valence-electron chi connectivity index (χ4n) is 2.89. The second-order valence-electron chi connectivity index (χ2n) is 6.71. The van der Waals surface area contributed by atoms with Crippen LogP contribution in [0.3, 0.4) is 0 Å². The molecule has 3 rings (SSSR count). The maximum atomic E-state index is 13.8. The number of carbonyl (C=O) groups excluding carboxylic acids is 1. The minimum absolute atomic E-state index is 0.0758. The monoisotopic (exact) mass is 470 g/mol. The highest BCUT2D eigenvalue weighted by Crippen LogP contribution is 2.26. The maximum Gasteiger partial charge on any atom is 0.337 e. The van der Waals surface area contributed by atoms with Crippen molar-refractivity contribution in [3.05, 3.63) is 58.1 Å². The number of piperazine rings is 1. The van der Waals surface area contributed by atoms with Crippen molar-refractivity contribution >= 4 is 52.6 Å². The number of anilines is 2. The molecule has 0 bridgehead atoms. The summed E-state index contributed by atoms with van der Waals surface area (Å²) in [6.45, 7) is 2.60. The van der Waals surface area contributed by atoms with E-state index in [2.05, 4.69) is 22.4 Å². The molecule has 0 atom stereocenters. The first-order valence-electron chi connectivity index (χ1n) is 9.09. The Kier molecular flexibility index (Phi) is 8.66. The quantitative estimate of drug-likeness (QED) is 0.577. The number of nitrogens with zero attached hydrogens (tertiary/aromatic N) is 2. The van der Waals surface area contributed by atoms with Crippen molar-refractivity contribution in [3.8, 4) is 0 Å². The molecule has 0 aliphatic carbocycles. The summed E-state index contributed by atoms with van der Waals surface area (Å²) in [7, 11) is 1.96. The predicted molar refractivity (Wildman–Crippen MR) is 120 cm³/mol. The van der Waals surface area contributed by atoms with E-state index in [4.69, 9.17) is 22.4 Å². The molecule has 31 heavy (non-hydrogen) atoms. The number of primary amides is 1. The Morgan fingerprint density at radius 1 is 1.16 bits per heavy atom. The number of carbonyl (C=O) groups is 2. The zero-order valence-electron chi connectivity index (χ0n) is 16.6. The summed E-state index contributed by atoms with van der Waals surface area (Å²) in [4.78, 5) is 25.2. The number of nitrogens with one attached hydrogen (secondary N) is 1. The van der Waals surface area contributed by atoms with Gasteiger partial charge in [-0.1, -0.05) is 23.8 Å². The van der Waals surface area contributed by atoms with Gasteiger partial charge in [-0.25, -0.2) is 13.6 Å². The third-order valence-corrected chi connectivity index (χ3v) is 4.98. The Balaban J connectivity index is 0.000000233. The molecule has 1 aliphatic rings. The summed E-state index contributed by atoms with van der Waals surface area (Å²) in [6.07, 6.45) is 0. The minimum atomic E-state index is -1.04. The van der Waals surface area contributed by atoms with Crippen LogP contribution in [-0.4, -0.2) is 60.6 Å². The van der Waals surface area contributed by atoms with E-state index < -0.39 is 23.5 Å². The lowest BCUT2D eigenvalue weighted by Gasteiger charge is -2.34. The number of benzene rings is 2. The first-order valence-corrected chi connectivity index (χ1v) is 9.94. The van der Waals surface area contributed by atoms with Crippen LogP contribution in [0.15, 0.2) is 30.3 Å². The van der Waals surface area contributed by atoms with E-state index in [1.54, 1.807) is 11.0 Å². The highest BCUT2D eigenvalue weighted by atomic mass is 35.5. The van der Waals surface area contributed by atoms with Gasteiger partial charge < -0.3 is 26.0 Å². The molecule has 1 fully saturated rings. The van der Waals surface area contributed by atoms with E-state index in [1.807, 2.05) is 7.05 Å². The highest BCUT2D eigenvalue weighted by molar-refractivity contribution is 7.79. The number of nitrogens with two attached hydrogens (primary N) is 1. The third-order valence-electron chi connectivity index (χ3n) is 4.55.